The standard InChI is InChI=1S/C21H20ClN5O3S/c1-31-20-25-16(9-18(29)27(20)10-17(28)26-21(11-23)6-7-21)14-5-4-13(22)8-15(14)24-19(30)12-2-3-12/h4-5,8-9,12H,2-3,6-7,10H2,1H3,(H,24,30)(H,26,28). The second-order valence-electron chi connectivity index (χ2n) is 7.75. The molecule has 1 heterocycles. The minimum absolute atomic E-state index is 0.0104. The largest absolute Gasteiger partial charge is 0.336 e. The van der Waals surface area contributed by atoms with Gasteiger partial charge in [0, 0.05) is 22.6 Å². The lowest BCUT2D eigenvalue weighted by Crippen LogP contribution is -2.40. The van der Waals surface area contributed by atoms with Crippen LogP contribution in [0.5, 0.6) is 0 Å². The first-order chi connectivity index (χ1) is 14.8. The molecule has 8 nitrogen and oxygen atoms in total. The first kappa shape index (κ1) is 21.4. The van der Waals surface area contributed by atoms with Gasteiger partial charge in [-0.2, -0.15) is 5.26 Å². The number of benzene rings is 1. The van der Waals surface area contributed by atoms with Crippen LogP contribution in [0.25, 0.3) is 11.3 Å². The molecule has 2 saturated carbocycles. The number of aromatic nitrogens is 2. The Bertz CT molecular complexity index is 1160. The zero-order valence-corrected chi connectivity index (χ0v) is 18.3. The molecule has 0 atom stereocenters. The summed E-state index contributed by atoms with van der Waals surface area (Å²) in [4.78, 5) is 42.0. The number of halogens is 1. The van der Waals surface area contributed by atoms with Crippen molar-refractivity contribution < 1.29 is 9.59 Å². The van der Waals surface area contributed by atoms with Crippen molar-refractivity contribution in [2.75, 3.05) is 11.6 Å². The summed E-state index contributed by atoms with van der Waals surface area (Å²) in [6, 6.07) is 8.43. The van der Waals surface area contributed by atoms with Gasteiger partial charge in [-0.25, -0.2) is 4.98 Å². The molecule has 0 aliphatic heterocycles. The van der Waals surface area contributed by atoms with Crippen LogP contribution in [-0.4, -0.2) is 33.2 Å². The van der Waals surface area contributed by atoms with Crippen LogP contribution in [0.15, 0.2) is 34.2 Å². The van der Waals surface area contributed by atoms with Crippen molar-refractivity contribution in [3.8, 4) is 17.3 Å². The molecule has 2 amide bonds. The maximum atomic E-state index is 12.8. The summed E-state index contributed by atoms with van der Waals surface area (Å²) in [6.45, 7) is -0.225. The molecule has 4 rings (SSSR count). The van der Waals surface area contributed by atoms with Crippen LogP contribution >= 0.6 is 23.4 Å². The Morgan fingerprint density at radius 1 is 1.35 bits per heavy atom. The van der Waals surface area contributed by atoms with E-state index in [1.807, 2.05) is 0 Å². The fourth-order valence-corrected chi connectivity index (χ4v) is 3.92. The molecule has 0 bridgehead atoms. The van der Waals surface area contributed by atoms with Gasteiger partial charge < -0.3 is 10.6 Å². The molecule has 31 heavy (non-hydrogen) atoms. The maximum Gasteiger partial charge on any atom is 0.255 e. The number of rotatable bonds is 7. The van der Waals surface area contributed by atoms with E-state index in [1.54, 1.807) is 24.5 Å². The van der Waals surface area contributed by atoms with Crippen molar-refractivity contribution in [1.82, 2.24) is 14.9 Å². The highest BCUT2D eigenvalue weighted by Crippen LogP contribution is 2.35. The van der Waals surface area contributed by atoms with Crippen LogP contribution in [0.3, 0.4) is 0 Å². The molecule has 0 radical (unpaired) electrons. The SMILES string of the molecule is CSc1nc(-c2ccc(Cl)cc2NC(=O)C2CC2)cc(=O)n1CC(=O)NC1(C#N)CC1. The summed E-state index contributed by atoms with van der Waals surface area (Å²) < 4.78 is 1.27. The van der Waals surface area contributed by atoms with E-state index >= 15 is 0 Å². The molecule has 160 valence electrons. The third-order valence-corrected chi connectivity index (χ3v) is 6.18. The highest BCUT2D eigenvalue weighted by molar-refractivity contribution is 7.98. The lowest BCUT2D eigenvalue weighted by atomic mass is 10.1. The molecule has 1 aromatic carbocycles. The topological polar surface area (TPSA) is 117 Å². The van der Waals surface area contributed by atoms with Crippen LogP contribution in [-0.2, 0) is 16.1 Å². The van der Waals surface area contributed by atoms with Crippen molar-refractivity contribution in [2.24, 2.45) is 5.92 Å². The number of thioether (sulfide) groups is 1. The minimum atomic E-state index is -0.800. The Kier molecular flexibility index (Phi) is 5.77. The summed E-state index contributed by atoms with van der Waals surface area (Å²) >= 11 is 7.35. The van der Waals surface area contributed by atoms with E-state index < -0.39 is 17.0 Å². The summed E-state index contributed by atoms with van der Waals surface area (Å²) in [6.07, 6.45) is 4.71. The summed E-state index contributed by atoms with van der Waals surface area (Å²) in [7, 11) is 0. The number of nitrogens with zero attached hydrogens (tertiary/aromatic N) is 3. The number of anilines is 1. The van der Waals surface area contributed by atoms with Crippen LogP contribution in [0.2, 0.25) is 5.02 Å². The van der Waals surface area contributed by atoms with Gasteiger partial charge in [-0.15, -0.1) is 0 Å². The average molecular weight is 458 g/mol. The van der Waals surface area contributed by atoms with E-state index in [9.17, 15) is 14.4 Å². The summed E-state index contributed by atoms with van der Waals surface area (Å²) in [5, 5.41) is 15.5. The summed E-state index contributed by atoms with van der Waals surface area (Å²) in [5.41, 5.74) is 0.239. The van der Waals surface area contributed by atoms with E-state index in [1.165, 1.54) is 22.4 Å². The van der Waals surface area contributed by atoms with Crippen molar-refractivity contribution in [3.63, 3.8) is 0 Å². The number of carbonyl (C=O) groups excluding carboxylic acids is 2. The number of nitriles is 1. The van der Waals surface area contributed by atoms with Gasteiger partial charge in [0.1, 0.15) is 12.1 Å². The van der Waals surface area contributed by atoms with Gasteiger partial charge in [-0.1, -0.05) is 23.4 Å². The number of hydrogen-bond acceptors (Lipinski definition) is 6. The molecule has 10 heteroatoms. The van der Waals surface area contributed by atoms with E-state index in [-0.39, 0.29) is 18.4 Å². The molecule has 2 aliphatic rings. The number of nitrogens with one attached hydrogen (secondary N) is 2. The molecule has 2 aromatic rings. The molecular formula is C21H20ClN5O3S. The number of amides is 2. The zero-order chi connectivity index (χ0) is 22.2. The monoisotopic (exact) mass is 457 g/mol. The van der Waals surface area contributed by atoms with Gasteiger partial charge in [0.2, 0.25) is 11.8 Å². The second kappa shape index (κ2) is 8.36. The molecule has 2 N–H and O–H groups in total. The van der Waals surface area contributed by atoms with Crippen LogP contribution in [0.1, 0.15) is 25.7 Å². The Labute approximate surface area is 188 Å². The van der Waals surface area contributed by atoms with Gasteiger partial charge >= 0.3 is 0 Å². The van der Waals surface area contributed by atoms with Crippen LogP contribution in [0.4, 0.5) is 5.69 Å². The van der Waals surface area contributed by atoms with Gasteiger partial charge in [0.15, 0.2) is 5.16 Å². The smallest absolute Gasteiger partial charge is 0.255 e. The molecule has 0 saturated heterocycles. The Hall–Kier alpha value is -2.83. The highest BCUT2D eigenvalue weighted by atomic mass is 35.5. The third kappa shape index (κ3) is 4.75. The first-order valence-corrected chi connectivity index (χ1v) is 11.4. The minimum Gasteiger partial charge on any atom is -0.336 e. The van der Waals surface area contributed by atoms with Crippen LogP contribution < -0.4 is 16.2 Å². The zero-order valence-electron chi connectivity index (χ0n) is 16.8. The summed E-state index contributed by atoms with van der Waals surface area (Å²) in [5.74, 6) is -0.476. The van der Waals surface area contributed by atoms with Gasteiger partial charge in [-0.05, 0) is 50.1 Å². The number of hydrogen-bond donors (Lipinski definition) is 2. The van der Waals surface area contributed by atoms with Gasteiger partial charge in [-0.3, -0.25) is 19.0 Å². The molecule has 0 spiro atoms. The van der Waals surface area contributed by atoms with E-state index in [4.69, 9.17) is 16.9 Å². The molecule has 2 aliphatic carbocycles. The van der Waals surface area contributed by atoms with Gasteiger partial charge in [0.25, 0.3) is 5.56 Å². The highest BCUT2D eigenvalue weighted by Gasteiger charge is 2.44. The van der Waals surface area contributed by atoms with Gasteiger partial charge in [0.05, 0.1) is 17.5 Å². The lowest BCUT2D eigenvalue weighted by molar-refractivity contribution is -0.122. The molecule has 2 fully saturated rings. The lowest BCUT2D eigenvalue weighted by Gasteiger charge is -2.15. The van der Waals surface area contributed by atoms with Crippen molar-refractivity contribution in [2.45, 2.75) is 42.9 Å². The average Bonchev–Trinajstić information content (AvgIpc) is 3.65. The Balaban J connectivity index is 1.64. The fraction of sp³-hybridized carbons (Fsp3) is 0.381. The van der Waals surface area contributed by atoms with Crippen molar-refractivity contribution in [3.05, 3.63) is 39.6 Å². The maximum absolute atomic E-state index is 12.8. The Morgan fingerprint density at radius 2 is 2.10 bits per heavy atom. The molecular weight excluding hydrogens is 438 g/mol. The molecule has 0 unspecified atom stereocenters. The van der Waals surface area contributed by atoms with Crippen molar-refractivity contribution >= 4 is 40.9 Å². The van der Waals surface area contributed by atoms with E-state index in [0.717, 1.165) is 12.8 Å². The molecule has 1 aromatic heterocycles. The predicted octanol–water partition coefficient (Wildman–Crippen LogP) is 2.81. The second-order valence-corrected chi connectivity index (χ2v) is 8.96. The number of carbonyl (C=O) groups is 2. The Morgan fingerprint density at radius 3 is 2.71 bits per heavy atom. The first-order valence-electron chi connectivity index (χ1n) is 9.83. The fourth-order valence-electron chi connectivity index (χ4n) is 3.19. The quantitative estimate of drug-likeness (QED) is 0.487. The predicted molar refractivity (Wildman–Crippen MR) is 118 cm³/mol. The van der Waals surface area contributed by atoms with E-state index in [2.05, 4.69) is 21.7 Å². The normalized spacial score (nSPS) is 16.3. The van der Waals surface area contributed by atoms with Crippen LogP contribution in [0, 0.1) is 17.2 Å². The third-order valence-electron chi connectivity index (χ3n) is 5.26. The van der Waals surface area contributed by atoms with E-state index in [0.29, 0.717) is 40.0 Å². The van der Waals surface area contributed by atoms with Crippen molar-refractivity contribution in [1.29, 1.82) is 5.26 Å².